The van der Waals surface area contributed by atoms with Gasteiger partial charge in [0.2, 0.25) is 0 Å². The van der Waals surface area contributed by atoms with Crippen LogP contribution in [0.5, 0.6) is 0 Å². The molecule has 0 atom stereocenters. The van der Waals surface area contributed by atoms with E-state index in [4.69, 9.17) is 9.59 Å². The molecule has 0 saturated heterocycles. The van der Waals surface area contributed by atoms with E-state index in [1.807, 2.05) is 7.05 Å². The van der Waals surface area contributed by atoms with Crippen molar-refractivity contribution in [1.82, 2.24) is 5.32 Å². The van der Waals surface area contributed by atoms with Crippen LogP contribution in [-0.4, -0.2) is 31.7 Å². The highest BCUT2D eigenvalue weighted by Crippen LogP contribution is 2.02. The van der Waals surface area contributed by atoms with Crippen molar-refractivity contribution in [3.63, 3.8) is 0 Å². The van der Waals surface area contributed by atoms with Crippen LogP contribution in [0.2, 0.25) is 12.6 Å². The van der Waals surface area contributed by atoms with Crippen LogP contribution in [0.15, 0.2) is 0 Å². The van der Waals surface area contributed by atoms with Gasteiger partial charge in [0.15, 0.2) is 0 Å². The molecule has 0 fully saturated rings. The molecule has 4 heteroatoms. The maximum atomic E-state index is 8.91. The Kier molecular flexibility index (Phi) is 4.04. The molecule has 9 heavy (non-hydrogen) atoms. The predicted molar refractivity (Wildman–Crippen MR) is 39.4 cm³/mol. The van der Waals surface area contributed by atoms with Crippen LogP contribution in [0.1, 0.15) is 6.42 Å². The van der Waals surface area contributed by atoms with Crippen LogP contribution in [-0.2, 0) is 0 Å². The van der Waals surface area contributed by atoms with E-state index in [-0.39, 0.29) is 0 Å². The lowest BCUT2D eigenvalue weighted by atomic mass is 10.5. The summed E-state index contributed by atoms with van der Waals surface area (Å²) in [5.41, 5.74) is 0. The Morgan fingerprint density at radius 1 is 1.44 bits per heavy atom. The van der Waals surface area contributed by atoms with Gasteiger partial charge in [-0.2, -0.15) is 0 Å². The summed E-state index contributed by atoms with van der Waals surface area (Å²) in [5.74, 6) is 0. The number of rotatable bonds is 4. The van der Waals surface area contributed by atoms with Gasteiger partial charge in [-0.3, -0.25) is 0 Å². The molecule has 0 unspecified atom stereocenters. The van der Waals surface area contributed by atoms with Gasteiger partial charge in [-0.25, -0.2) is 0 Å². The van der Waals surface area contributed by atoms with Crippen LogP contribution in [0.4, 0.5) is 0 Å². The first-order chi connectivity index (χ1) is 4.06. The minimum Gasteiger partial charge on any atom is -0.411 e. The van der Waals surface area contributed by atoms with E-state index in [1.54, 1.807) is 0 Å². The summed E-state index contributed by atoms with van der Waals surface area (Å²) in [4.78, 5) is 17.8. The summed E-state index contributed by atoms with van der Waals surface area (Å²) in [7, 11) is -0.880. The van der Waals surface area contributed by atoms with Crippen molar-refractivity contribution in [2.45, 2.75) is 19.0 Å². The minimum absolute atomic E-state index is 0.563. The SMILES string of the molecule is CNCCC[Si](C)(O)O. The second-order valence-electron chi connectivity index (χ2n) is 2.42. The summed E-state index contributed by atoms with van der Waals surface area (Å²) >= 11 is 0. The minimum atomic E-state index is -2.73. The van der Waals surface area contributed by atoms with Crippen LogP contribution in [0.3, 0.4) is 0 Å². The molecular formula is C5H15NO2Si. The van der Waals surface area contributed by atoms with Gasteiger partial charge < -0.3 is 14.9 Å². The average molecular weight is 149 g/mol. The lowest BCUT2D eigenvalue weighted by Crippen LogP contribution is -2.30. The maximum absolute atomic E-state index is 8.91. The second kappa shape index (κ2) is 4.00. The molecule has 0 aliphatic heterocycles. The van der Waals surface area contributed by atoms with Crippen molar-refractivity contribution in [1.29, 1.82) is 0 Å². The quantitative estimate of drug-likeness (QED) is 0.378. The van der Waals surface area contributed by atoms with Gasteiger partial charge in [0, 0.05) is 0 Å². The molecule has 0 spiro atoms. The molecule has 0 aliphatic carbocycles. The molecule has 0 radical (unpaired) electrons. The van der Waals surface area contributed by atoms with Crippen molar-refractivity contribution >= 4 is 8.56 Å². The molecule has 0 amide bonds. The third-order valence-electron chi connectivity index (χ3n) is 1.08. The fourth-order valence-electron chi connectivity index (χ4n) is 0.600. The first-order valence-electron chi connectivity index (χ1n) is 3.15. The van der Waals surface area contributed by atoms with Gasteiger partial charge in [-0.15, -0.1) is 0 Å². The molecule has 56 valence electrons. The highest BCUT2D eigenvalue weighted by Gasteiger charge is 2.19. The average Bonchev–Trinajstić information content (AvgIpc) is 1.63. The fourth-order valence-corrected chi connectivity index (χ4v) is 1.45. The highest BCUT2D eigenvalue weighted by atomic mass is 28.4. The summed E-state index contributed by atoms with van der Waals surface area (Å²) in [5, 5.41) is 2.94. The van der Waals surface area contributed by atoms with E-state index in [2.05, 4.69) is 5.32 Å². The van der Waals surface area contributed by atoms with Crippen LogP contribution >= 0.6 is 0 Å². The van der Waals surface area contributed by atoms with Gasteiger partial charge in [-0.05, 0) is 32.6 Å². The Balaban J connectivity index is 3.07. The van der Waals surface area contributed by atoms with E-state index in [0.29, 0.717) is 6.04 Å². The largest absolute Gasteiger partial charge is 0.411 e. The van der Waals surface area contributed by atoms with Gasteiger partial charge in [0.05, 0.1) is 0 Å². The van der Waals surface area contributed by atoms with Crippen molar-refractivity contribution in [3.8, 4) is 0 Å². The first-order valence-corrected chi connectivity index (χ1v) is 5.76. The lowest BCUT2D eigenvalue weighted by molar-refractivity contribution is 0.367. The van der Waals surface area contributed by atoms with E-state index >= 15 is 0 Å². The maximum Gasteiger partial charge on any atom is 0.329 e. The zero-order valence-electron chi connectivity index (χ0n) is 6.02. The molecule has 3 nitrogen and oxygen atoms in total. The zero-order chi connectivity index (χ0) is 7.33. The van der Waals surface area contributed by atoms with Crippen LogP contribution in [0.25, 0.3) is 0 Å². The van der Waals surface area contributed by atoms with E-state index in [0.717, 1.165) is 13.0 Å². The Labute approximate surface area is 57.0 Å². The predicted octanol–water partition coefficient (Wildman–Crippen LogP) is -0.348. The summed E-state index contributed by atoms with van der Waals surface area (Å²) in [6.45, 7) is 2.40. The summed E-state index contributed by atoms with van der Waals surface area (Å²) in [6.07, 6.45) is 0.853. The highest BCUT2D eigenvalue weighted by molar-refractivity contribution is 6.63. The topological polar surface area (TPSA) is 52.5 Å². The van der Waals surface area contributed by atoms with Crippen molar-refractivity contribution in [3.05, 3.63) is 0 Å². The number of hydrogen-bond donors (Lipinski definition) is 3. The van der Waals surface area contributed by atoms with Crippen molar-refractivity contribution < 1.29 is 9.59 Å². The Bertz CT molecular complexity index is 71.8. The lowest BCUT2D eigenvalue weighted by Gasteiger charge is -2.10. The van der Waals surface area contributed by atoms with Crippen LogP contribution < -0.4 is 5.32 Å². The standard InChI is InChI=1S/C5H15NO2Si/c1-6-4-3-5-9(2,7)8/h6-8H,3-5H2,1-2H3. The fraction of sp³-hybridized carbons (Fsp3) is 1.00. The summed E-state index contributed by atoms with van der Waals surface area (Å²) < 4.78 is 0. The molecule has 0 aromatic heterocycles. The molecule has 0 saturated carbocycles. The zero-order valence-corrected chi connectivity index (χ0v) is 7.02. The van der Waals surface area contributed by atoms with Gasteiger partial charge in [0.1, 0.15) is 0 Å². The van der Waals surface area contributed by atoms with E-state index in [1.165, 1.54) is 6.55 Å². The molecule has 0 rings (SSSR count). The van der Waals surface area contributed by atoms with E-state index in [9.17, 15) is 0 Å². The Morgan fingerprint density at radius 2 is 2.00 bits per heavy atom. The third kappa shape index (κ3) is 8.10. The molecule has 0 bridgehead atoms. The van der Waals surface area contributed by atoms with Gasteiger partial charge in [0.25, 0.3) is 0 Å². The van der Waals surface area contributed by atoms with Gasteiger partial charge >= 0.3 is 8.56 Å². The van der Waals surface area contributed by atoms with E-state index < -0.39 is 8.56 Å². The molecule has 0 aromatic carbocycles. The summed E-state index contributed by atoms with van der Waals surface area (Å²) in [6, 6.07) is 0.563. The molecule has 0 aliphatic rings. The molecule has 3 N–H and O–H groups in total. The monoisotopic (exact) mass is 149 g/mol. The second-order valence-corrected chi connectivity index (χ2v) is 5.36. The Morgan fingerprint density at radius 3 is 2.33 bits per heavy atom. The Hall–Kier alpha value is 0.0969. The third-order valence-corrected chi connectivity index (χ3v) is 2.38. The molecular weight excluding hydrogens is 134 g/mol. The number of hydrogen-bond acceptors (Lipinski definition) is 3. The van der Waals surface area contributed by atoms with Gasteiger partial charge in [-0.1, -0.05) is 0 Å². The normalized spacial score (nSPS) is 12.0. The van der Waals surface area contributed by atoms with Crippen molar-refractivity contribution in [2.75, 3.05) is 13.6 Å². The molecule has 0 aromatic rings. The smallest absolute Gasteiger partial charge is 0.329 e. The number of nitrogens with one attached hydrogen (secondary N) is 1. The first kappa shape index (κ1) is 9.10. The van der Waals surface area contributed by atoms with Crippen LogP contribution in [0, 0.1) is 0 Å². The molecule has 0 heterocycles. The van der Waals surface area contributed by atoms with Crippen molar-refractivity contribution in [2.24, 2.45) is 0 Å².